The summed E-state index contributed by atoms with van der Waals surface area (Å²) in [6, 6.07) is 5.84. The number of carbonyl (C=O) groups excluding carboxylic acids is 1. The Morgan fingerprint density at radius 3 is 2.78 bits per heavy atom. The molecule has 0 radical (unpaired) electrons. The molecule has 0 N–H and O–H groups in total. The Labute approximate surface area is 134 Å². The molecular formula is C17H19FN2O3. The lowest BCUT2D eigenvalue weighted by molar-refractivity contribution is 0.0755. The number of hydrogen-bond donors (Lipinski definition) is 0. The van der Waals surface area contributed by atoms with Crippen LogP contribution >= 0.6 is 0 Å². The van der Waals surface area contributed by atoms with Crippen LogP contribution in [0.3, 0.4) is 0 Å². The molecule has 6 heteroatoms. The van der Waals surface area contributed by atoms with E-state index in [0.29, 0.717) is 17.3 Å². The molecule has 0 unspecified atom stereocenters. The predicted octanol–water partition coefficient (Wildman–Crippen LogP) is 3.41. The number of carbonyl (C=O) groups is 1. The third-order valence-electron chi connectivity index (χ3n) is 3.82. The number of rotatable bonds is 4. The first-order valence-corrected chi connectivity index (χ1v) is 7.84. The van der Waals surface area contributed by atoms with Gasteiger partial charge in [0, 0.05) is 19.2 Å². The molecule has 1 aromatic heterocycles. The highest BCUT2D eigenvalue weighted by Crippen LogP contribution is 2.16. The average Bonchev–Trinajstić information content (AvgIpc) is 2.86. The first kappa shape index (κ1) is 15.5. The highest BCUT2D eigenvalue weighted by Gasteiger charge is 2.20. The Morgan fingerprint density at radius 1 is 1.26 bits per heavy atom. The Hall–Kier alpha value is -2.37. The highest BCUT2D eigenvalue weighted by atomic mass is 19.1. The van der Waals surface area contributed by atoms with Gasteiger partial charge >= 0.3 is 0 Å². The van der Waals surface area contributed by atoms with Crippen molar-refractivity contribution in [2.24, 2.45) is 0 Å². The van der Waals surface area contributed by atoms with Crippen molar-refractivity contribution in [3.05, 3.63) is 47.9 Å². The Balaban J connectivity index is 1.60. The SMILES string of the molecule is O=C(c1coc(COc2cccc(F)c2)n1)N1CCCCCC1. The number of aromatic nitrogens is 1. The Kier molecular flexibility index (Phi) is 4.90. The van der Waals surface area contributed by atoms with E-state index in [2.05, 4.69) is 4.98 Å². The maximum absolute atomic E-state index is 13.1. The van der Waals surface area contributed by atoms with E-state index in [1.54, 1.807) is 12.1 Å². The summed E-state index contributed by atoms with van der Waals surface area (Å²) < 4.78 is 23.8. The second-order valence-corrected chi connectivity index (χ2v) is 5.58. The maximum Gasteiger partial charge on any atom is 0.275 e. The van der Waals surface area contributed by atoms with Crippen LogP contribution in [-0.4, -0.2) is 28.9 Å². The molecule has 0 atom stereocenters. The molecule has 0 saturated carbocycles. The summed E-state index contributed by atoms with van der Waals surface area (Å²) in [6.07, 6.45) is 5.74. The quantitative estimate of drug-likeness (QED) is 0.867. The van der Waals surface area contributed by atoms with Crippen LogP contribution in [0.25, 0.3) is 0 Å². The third kappa shape index (κ3) is 4.09. The fourth-order valence-corrected chi connectivity index (χ4v) is 2.61. The Morgan fingerprint density at radius 2 is 2.04 bits per heavy atom. The maximum atomic E-state index is 13.1. The molecule has 122 valence electrons. The summed E-state index contributed by atoms with van der Waals surface area (Å²) >= 11 is 0. The van der Waals surface area contributed by atoms with Crippen LogP contribution in [0.1, 0.15) is 42.1 Å². The van der Waals surface area contributed by atoms with Crippen molar-refractivity contribution in [1.82, 2.24) is 9.88 Å². The number of hydrogen-bond acceptors (Lipinski definition) is 4. The minimum Gasteiger partial charge on any atom is -0.484 e. The largest absolute Gasteiger partial charge is 0.484 e. The number of oxazole rings is 1. The molecule has 1 aliphatic rings. The molecule has 0 spiro atoms. The fourth-order valence-electron chi connectivity index (χ4n) is 2.61. The van der Waals surface area contributed by atoms with E-state index in [-0.39, 0.29) is 18.3 Å². The number of likely N-dealkylation sites (tertiary alicyclic amines) is 1. The number of benzene rings is 1. The average molecular weight is 318 g/mol. The zero-order valence-corrected chi connectivity index (χ0v) is 12.8. The number of amides is 1. The molecule has 1 aliphatic heterocycles. The first-order chi connectivity index (χ1) is 11.2. The molecule has 23 heavy (non-hydrogen) atoms. The van der Waals surface area contributed by atoms with Crippen molar-refractivity contribution >= 4 is 5.91 Å². The van der Waals surface area contributed by atoms with Crippen LogP contribution in [0.5, 0.6) is 5.75 Å². The molecule has 0 aliphatic carbocycles. The van der Waals surface area contributed by atoms with E-state index in [9.17, 15) is 9.18 Å². The summed E-state index contributed by atoms with van der Waals surface area (Å²) in [5.74, 6) is 0.218. The minimum absolute atomic E-state index is 0.0523. The van der Waals surface area contributed by atoms with Gasteiger partial charge in [0.2, 0.25) is 5.89 Å². The van der Waals surface area contributed by atoms with Gasteiger partial charge in [0.1, 0.15) is 17.8 Å². The molecule has 2 aromatic rings. The van der Waals surface area contributed by atoms with Crippen molar-refractivity contribution in [1.29, 1.82) is 0 Å². The van der Waals surface area contributed by atoms with Gasteiger partial charge in [-0.1, -0.05) is 18.9 Å². The molecule has 1 saturated heterocycles. The van der Waals surface area contributed by atoms with Crippen molar-refractivity contribution in [2.45, 2.75) is 32.3 Å². The topological polar surface area (TPSA) is 55.6 Å². The molecule has 5 nitrogen and oxygen atoms in total. The van der Waals surface area contributed by atoms with Crippen molar-refractivity contribution < 1.29 is 18.3 Å². The van der Waals surface area contributed by atoms with Gasteiger partial charge in [0.15, 0.2) is 12.3 Å². The van der Waals surface area contributed by atoms with Crippen LogP contribution in [0, 0.1) is 5.82 Å². The summed E-state index contributed by atoms with van der Waals surface area (Å²) in [4.78, 5) is 18.4. The third-order valence-corrected chi connectivity index (χ3v) is 3.82. The molecule has 3 rings (SSSR count). The lowest BCUT2D eigenvalue weighted by atomic mass is 10.2. The van der Waals surface area contributed by atoms with Gasteiger partial charge in [-0.25, -0.2) is 9.37 Å². The normalized spacial score (nSPS) is 15.3. The smallest absolute Gasteiger partial charge is 0.275 e. The summed E-state index contributed by atoms with van der Waals surface area (Å²) in [5, 5.41) is 0. The van der Waals surface area contributed by atoms with E-state index < -0.39 is 0 Å². The zero-order chi connectivity index (χ0) is 16.1. The molecule has 1 aromatic carbocycles. The second-order valence-electron chi connectivity index (χ2n) is 5.58. The van der Waals surface area contributed by atoms with E-state index in [1.807, 2.05) is 4.90 Å². The van der Waals surface area contributed by atoms with E-state index in [4.69, 9.17) is 9.15 Å². The van der Waals surface area contributed by atoms with Gasteiger partial charge < -0.3 is 14.1 Å². The van der Waals surface area contributed by atoms with Crippen LogP contribution in [0.2, 0.25) is 0 Å². The fraction of sp³-hybridized carbons (Fsp3) is 0.412. The zero-order valence-electron chi connectivity index (χ0n) is 12.8. The number of halogens is 1. The second kappa shape index (κ2) is 7.26. The summed E-state index contributed by atoms with van der Waals surface area (Å²) in [5.41, 5.74) is 0.296. The highest BCUT2D eigenvalue weighted by molar-refractivity contribution is 5.92. The lowest BCUT2D eigenvalue weighted by Gasteiger charge is -2.18. The number of nitrogens with zero attached hydrogens (tertiary/aromatic N) is 2. The van der Waals surface area contributed by atoms with Gasteiger partial charge in [-0.15, -0.1) is 0 Å². The van der Waals surface area contributed by atoms with Gasteiger partial charge in [0.25, 0.3) is 5.91 Å². The molecular weight excluding hydrogens is 299 g/mol. The Bertz CT molecular complexity index is 663. The van der Waals surface area contributed by atoms with Gasteiger partial charge in [0.05, 0.1) is 0 Å². The summed E-state index contributed by atoms with van der Waals surface area (Å²) in [6.45, 7) is 1.58. The minimum atomic E-state index is -0.369. The van der Waals surface area contributed by atoms with Gasteiger partial charge in [-0.05, 0) is 25.0 Å². The van der Waals surface area contributed by atoms with Crippen LogP contribution < -0.4 is 4.74 Å². The van der Waals surface area contributed by atoms with E-state index >= 15 is 0 Å². The monoisotopic (exact) mass is 318 g/mol. The lowest BCUT2D eigenvalue weighted by Crippen LogP contribution is -2.32. The van der Waals surface area contributed by atoms with Gasteiger partial charge in [-0.3, -0.25) is 4.79 Å². The summed E-state index contributed by atoms with van der Waals surface area (Å²) in [7, 11) is 0. The molecule has 1 amide bonds. The predicted molar refractivity (Wildman–Crippen MR) is 81.6 cm³/mol. The van der Waals surface area contributed by atoms with Crippen LogP contribution in [0.4, 0.5) is 4.39 Å². The van der Waals surface area contributed by atoms with Crippen molar-refractivity contribution in [2.75, 3.05) is 13.1 Å². The number of ether oxygens (including phenoxy) is 1. The molecule has 2 heterocycles. The van der Waals surface area contributed by atoms with Gasteiger partial charge in [-0.2, -0.15) is 0 Å². The van der Waals surface area contributed by atoms with Crippen molar-refractivity contribution in [3.8, 4) is 5.75 Å². The molecule has 1 fully saturated rings. The van der Waals surface area contributed by atoms with E-state index in [0.717, 1.165) is 38.8 Å². The first-order valence-electron chi connectivity index (χ1n) is 7.84. The van der Waals surface area contributed by atoms with E-state index in [1.165, 1.54) is 18.4 Å². The van der Waals surface area contributed by atoms with Crippen LogP contribution in [-0.2, 0) is 6.61 Å². The standard InChI is InChI=1S/C17H19FN2O3/c18-13-6-5-7-14(10-13)22-12-16-19-15(11-23-16)17(21)20-8-3-1-2-4-9-20/h5-7,10-11H,1-4,8-9,12H2. The van der Waals surface area contributed by atoms with Crippen LogP contribution in [0.15, 0.2) is 34.9 Å². The van der Waals surface area contributed by atoms with Crippen molar-refractivity contribution in [3.63, 3.8) is 0 Å². The molecule has 0 bridgehead atoms.